The number of nitrogens with zero attached hydrogens (tertiary/aromatic N) is 2. The third-order valence-electron chi connectivity index (χ3n) is 3.46. The van der Waals surface area contributed by atoms with Crippen molar-refractivity contribution in [2.75, 3.05) is 19.6 Å². The Labute approximate surface area is 102 Å². The Morgan fingerprint density at radius 1 is 1.69 bits per heavy atom. The van der Waals surface area contributed by atoms with Gasteiger partial charge in [-0.1, -0.05) is 6.92 Å². The van der Waals surface area contributed by atoms with Crippen molar-refractivity contribution >= 4 is 11.3 Å². The Balaban J connectivity index is 1.78. The summed E-state index contributed by atoms with van der Waals surface area (Å²) in [6.45, 7) is 7.99. The van der Waals surface area contributed by atoms with Crippen molar-refractivity contribution in [3.8, 4) is 0 Å². The van der Waals surface area contributed by atoms with Crippen LogP contribution in [0.15, 0.2) is 10.9 Å². The fourth-order valence-electron chi connectivity index (χ4n) is 2.40. The molecular formula is C12H21N3S. The van der Waals surface area contributed by atoms with Gasteiger partial charge in [-0.05, 0) is 32.9 Å². The smallest absolute Gasteiger partial charge is 0.0795 e. The van der Waals surface area contributed by atoms with Gasteiger partial charge in [-0.25, -0.2) is 4.98 Å². The zero-order valence-corrected chi connectivity index (χ0v) is 11.0. The van der Waals surface area contributed by atoms with E-state index < -0.39 is 0 Å². The monoisotopic (exact) mass is 239 g/mol. The quantitative estimate of drug-likeness (QED) is 0.854. The molecule has 4 heteroatoms. The van der Waals surface area contributed by atoms with Crippen LogP contribution in [0.25, 0.3) is 0 Å². The summed E-state index contributed by atoms with van der Waals surface area (Å²) in [6, 6.07) is 1.11. The molecule has 0 bridgehead atoms. The first-order valence-electron chi connectivity index (χ1n) is 6.16. The Hall–Kier alpha value is -0.450. The second-order valence-electron chi connectivity index (χ2n) is 4.47. The third kappa shape index (κ3) is 2.81. The van der Waals surface area contributed by atoms with Crippen molar-refractivity contribution in [3.63, 3.8) is 0 Å². The van der Waals surface area contributed by atoms with Crippen LogP contribution < -0.4 is 5.32 Å². The van der Waals surface area contributed by atoms with E-state index in [0.29, 0.717) is 6.04 Å². The van der Waals surface area contributed by atoms with Crippen molar-refractivity contribution < 1.29 is 0 Å². The van der Waals surface area contributed by atoms with Gasteiger partial charge >= 0.3 is 0 Å². The van der Waals surface area contributed by atoms with E-state index in [4.69, 9.17) is 0 Å². The minimum absolute atomic E-state index is 0.380. The van der Waals surface area contributed by atoms with Crippen LogP contribution in [-0.2, 0) is 0 Å². The fourth-order valence-corrected chi connectivity index (χ4v) is 3.04. The van der Waals surface area contributed by atoms with Gasteiger partial charge in [0, 0.05) is 24.0 Å². The first kappa shape index (κ1) is 12.0. The molecule has 1 aromatic heterocycles. The van der Waals surface area contributed by atoms with E-state index in [2.05, 4.69) is 34.4 Å². The zero-order chi connectivity index (χ0) is 11.4. The van der Waals surface area contributed by atoms with E-state index in [0.717, 1.165) is 12.6 Å². The maximum atomic E-state index is 4.34. The molecule has 1 aliphatic heterocycles. The van der Waals surface area contributed by atoms with Crippen molar-refractivity contribution in [1.29, 1.82) is 0 Å². The number of rotatable bonds is 5. The molecule has 1 aliphatic rings. The molecule has 0 aliphatic carbocycles. The third-order valence-corrected chi connectivity index (χ3v) is 4.06. The molecule has 1 saturated heterocycles. The van der Waals surface area contributed by atoms with Crippen LogP contribution in [0.5, 0.6) is 0 Å². The van der Waals surface area contributed by atoms with E-state index in [-0.39, 0.29) is 0 Å². The number of nitrogens with one attached hydrogen (secondary N) is 1. The Morgan fingerprint density at radius 3 is 3.25 bits per heavy atom. The average Bonchev–Trinajstić information content (AvgIpc) is 2.96. The fraction of sp³-hybridized carbons (Fsp3) is 0.750. The summed E-state index contributed by atoms with van der Waals surface area (Å²) in [4.78, 5) is 6.91. The lowest BCUT2D eigenvalue weighted by Crippen LogP contribution is -2.38. The lowest BCUT2D eigenvalue weighted by atomic mass is 10.2. The van der Waals surface area contributed by atoms with Crippen molar-refractivity contribution in [1.82, 2.24) is 15.2 Å². The second-order valence-corrected chi connectivity index (χ2v) is 5.19. The molecule has 0 saturated carbocycles. The highest BCUT2D eigenvalue weighted by molar-refractivity contribution is 7.07. The van der Waals surface area contributed by atoms with Gasteiger partial charge < -0.3 is 5.32 Å². The summed E-state index contributed by atoms with van der Waals surface area (Å²) in [5.41, 5.74) is 3.08. The van der Waals surface area contributed by atoms with Crippen LogP contribution in [0, 0.1) is 0 Å². The van der Waals surface area contributed by atoms with Gasteiger partial charge in [0.15, 0.2) is 0 Å². The standard InChI is InChI=1S/C12H21N3S/c1-3-15-6-4-5-11(15)7-13-10(2)12-8-16-9-14-12/h8-11,13H,3-7H2,1-2H3. The zero-order valence-electron chi connectivity index (χ0n) is 10.1. The van der Waals surface area contributed by atoms with E-state index in [1.54, 1.807) is 11.3 Å². The summed E-state index contributed by atoms with van der Waals surface area (Å²) in [7, 11) is 0. The highest BCUT2D eigenvalue weighted by Gasteiger charge is 2.23. The Morgan fingerprint density at radius 2 is 2.56 bits per heavy atom. The lowest BCUT2D eigenvalue weighted by Gasteiger charge is -2.24. The number of hydrogen-bond donors (Lipinski definition) is 1. The topological polar surface area (TPSA) is 28.2 Å². The predicted molar refractivity (Wildman–Crippen MR) is 68.8 cm³/mol. The highest BCUT2D eigenvalue weighted by Crippen LogP contribution is 2.17. The highest BCUT2D eigenvalue weighted by atomic mass is 32.1. The van der Waals surface area contributed by atoms with Crippen LogP contribution in [-0.4, -0.2) is 35.6 Å². The molecule has 2 rings (SSSR count). The SMILES string of the molecule is CCN1CCCC1CNC(C)c1cscn1. The van der Waals surface area contributed by atoms with E-state index in [1.165, 1.54) is 31.6 Å². The van der Waals surface area contributed by atoms with Crippen molar-refractivity contribution in [3.05, 3.63) is 16.6 Å². The molecule has 90 valence electrons. The Bertz CT molecular complexity index is 299. The molecule has 0 aromatic carbocycles. The molecule has 0 radical (unpaired) electrons. The molecule has 16 heavy (non-hydrogen) atoms. The second kappa shape index (κ2) is 5.75. The average molecular weight is 239 g/mol. The maximum Gasteiger partial charge on any atom is 0.0795 e. The molecule has 1 N–H and O–H groups in total. The number of likely N-dealkylation sites (N-methyl/N-ethyl adjacent to an activating group) is 1. The van der Waals surface area contributed by atoms with Crippen LogP contribution in [0.4, 0.5) is 0 Å². The van der Waals surface area contributed by atoms with Gasteiger partial charge in [0.05, 0.1) is 11.2 Å². The largest absolute Gasteiger partial charge is 0.307 e. The van der Waals surface area contributed by atoms with Crippen molar-refractivity contribution in [2.24, 2.45) is 0 Å². The van der Waals surface area contributed by atoms with Gasteiger partial charge in [0.2, 0.25) is 0 Å². The van der Waals surface area contributed by atoms with Gasteiger partial charge in [-0.3, -0.25) is 4.90 Å². The maximum absolute atomic E-state index is 4.34. The Kier molecular flexibility index (Phi) is 4.32. The van der Waals surface area contributed by atoms with Crippen molar-refractivity contribution in [2.45, 2.75) is 38.8 Å². The summed E-state index contributed by atoms with van der Waals surface area (Å²) in [5, 5.41) is 5.72. The molecule has 2 unspecified atom stereocenters. The molecule has 1 fully saturated rings. The molecule has 0 spiro atoms. The number of likely N-dealkylation sites (tertiary alicyclic amines) is 1. The molecule has 1 aromatic rings. The summed E-state index contributed by atoms with van der Waals surface area (Å²) in [5.74, 6) is 0. The first-order chi connectivity index (χ1) is 7.81. The van der Waals surface area contributed by atoms with Gasteiger partial charge in [0.25, 0.3) is 0 Å². The summed E-state index contributed by atoms with van der Waals surface area (Å²) < 4.78 is 0. The van der Waals surface area contributed by atoms with Crippen LogP contribution in [0.1, 0.15) is 38.4 Å². The summed E-state index contributed by atoms with van der Waals surface area (Å²) >= 11 is 1.67. The summed E-state index contributed by atoms with van der Waals surface area (Å²) in [6.07, 6.45) is 2.69. The molecule has 2 heterocycles. The number of thiazole rings is 1. The predicted octanol–water partition coefficient (Wildman–Crippen LogP) is 2.28. The van der Waals surface area contributed by atoms with Gasteiger partial charge in [0.1, 0.15) is 0 Å². The van der Waals surface area contributed by atoms with Gasteiger partial charge in [-0.2, -0.15) is 0 Å². The lowest BCUT2D eigenvalue weighted by molar-refractivity contribution is 0.255. The van der Waals surface area contributed by atoms with Crippen LogP contribution in [0.2, 0.25) is 0 Å². The number of hydrogen-bond acceptors (Lipinski definition) is 4. The van der Waals surface area contributed by atoms with Gasteiger partial charge in [-0.15, -0.1) is 11.3 Å². The minimum atomic E-state index is 0.380. The normalized spacial score (nSPS) is 23.8. The molecular weight excluding hydrogens is 218 g/mol. The van der Waals surface area contributed by atoms with Crippen LogP contribution in [0.3, 0.4) is 0 Å². The van der Waals surface area contributed by atoms with E-state index >= 15 is 0 Å². The van der Waals surface area contributed by atoms with E-state index in [1.807, 2.05) is 5.51 Å². The molecule has 2 atom stereocenters. The van der Waals surface area contributed by atoms with Crippen LogP contribution >= 0.6 is 11.3 Å². The minimum Gasteiger partial charge on any atom is -0.307 e. The molecule has 0 amide bonds. The van der Waals surface area contributed by atoms with E-state index in [9.17, 15) is 0 Å². The number of aromatic nitrogens is 1. The first-order valence-corrected chi connectivity index (χ1v) is 7.11. The molecule has 3 nitrogen and oxygen atoms in total.